The summed E-state index contributed by atoms with van der Waals surface area (Å²) < 4.78 is 5.48. The van der Waals surface area contributed by atoms with Crippen LogP contribution in [0, 0.1) is 0 Å². The highest BCUT2D eigenvalue weighted by molar-refractivity contribution is 7.14. The molecule has 2 aliphatic rings. The van der Waals surface area contributed by atoms with Crippen LogP contribution in [0.5, 0.6) is 0 Å². The second-order valence-corrected chi connectivity index (χ2v) is 8.19. The van der Waals surface area contributed by atoms with Crippen molar-refractivity contribution in [3.63, 3.8) is 0 Å². The molecule has 4 rings (SSSR count). The molecular formula is C21H26N4O2S. The van der Waals surface area contributed by atoms with Gasteiger partial charge >= 0.3 is 5.97 Å². The lowest BCUT2D eigenvalue weighted by Crippen LogP contribution is -2.44. The van der Waals surface area contributed by atoms with Gasteiger partial charge in [0.2, 0.25) is 5.90 Å². The zero-order valence-corrected chi connectivity index (χ0v) is 17.1. The van der Waals surface area contributed by atoms with E-state index in [1.807, 2.05) is 24.3 Å². The number of hydrogen-bond acceptors (Lipinski definition) is 7. The van der Waals surface area contributed by atoms with Crippen molar-refractivity contribution in [1.82, 2.24) is 9.88 Å². The number of aromatic nitrogens is 1. The molecule has 0 bridgehead atoms. The number of likely N-dealkylation sites (N-methyl/N-ethyl adjacent to an activating group) is 1. The molecule has 0 unspecified atom stereocenters. The third kappa shape index (κ3) is 4.59. The number of thiazole rings is 1. The Kier molecular flexibility index (Phi) is 6.02. The fourth-order valence-electron chi connectivity index (χ4n) is 3.40. The van der Waals surface area contributed by atoms with Crippen molar-refractivity contribution >= 4 is 28.3 Å². The molecule has 1 aromatic carbocycles. The van der Waals surface area contributed by atoms with Crippen molar-refractivity contribution in [3.05, 3.63) is 35.2 Å². The van der Waals surface area contributed by atoms with E-state index in [1.165, 1.54) is 0 Å². The van der Waals surface area contributed by atoms with Crippen LogP contribution >= 0.6 is 11.3 Å². The zero-order chi connectivity index (χ0) is 19.3. The average Bonchev–Trinajstić information content (AvgIpc) is 3.23. The molecule has 2 aliphatic heterocycles. The highest BCUT2D eigenvalue weighted by Gasteiger charge is 2.18. The number of benzene rings is 1. The molecule has 6 nitrogen and oxygen atoms in total. The molecule has 7 heteroatoms. The molecule has 3 heterocycles. The van der Waals surface area contributed by atoms with Crippen molar-refractivity contribution in [2.24, 2.45) is 4.99 Å². The van der Waals surface area contributed by atoms with Gasteiger partial charge in [0.05, 0.1) is 5.69 Å². The second kappa shape index (κ2) is 8.84. The van der Waals surface area contributed by atoms with Gasteiger partial charge in [-0.2, -0.15) is 0 Å². The van der Waals surface area contributed by atoms with E-state index in [4.69, 9.17) is 9.72 Å². The number of cyclic esters (lactones) is 1. The van der Waals surface area contributed by atoms with Crippen LogP contribution in [-0.4, -0.2) is 61.5 Å². The molecule has 0 saturated carbocycles. The van der Waals surface area contributed by atoms with Gasteiger partial charge < -0.3 is 14.5 Å². The summed E-state index contributed by atoms with van der Waals surface area (Å²) in [6, 6.07) is 7.99. The van der Waals surface area contributed by atoms with E-state index >= 15 is 0 Å². The smallest absolute Gasteiger partial charge is 0.312 e. The van der Waals surface area contributed by atoms with Crippen LogP contribution in [0.2, 0.25) is 0 Å². The minimum Gasteiger partial charge on any atom is -0.407 e. The van der Waals surface area contributed by atoms with E-state index in [2.05, 4.69) is 27.2 Å². The number of anilines is 1. The van der Waals surface area contributed by atoms with Crippen molar-refractivity contribution in [2.45, 2.75) is 25.7 Å². The fraction of sp³-hybridized carbons (Fsp3) is 0.476. The van der Waals surface area contributed by atoms with Gasteiger partial charge in [-0.15, -0.1) is 11.3 Å². The predicted molar refractivity (Wildman–Crippen MR) is 113 cm³/mol. The Bertz CT molecular complexity index is 838. The number of nitrogens with zero attached hydrogens (tertiary/aromatic N) is 4. The minimum atomic E-state index is -0.193. The molecule has 1 aromatic heterocycles. The molecule has 0 aliphatic carbocycles. The van der Waals surface area contributed by atoms with Gasteiger partial charge in [-0.1, -0.05) is 18.6 Å². The normalized spacial score (nSPS) is 19.4. The summed E-state index contributed by atoms with van der Waals surface area (Å²) in [6.07, 6.45) is 3.35. The Balaban J connectivity index is 1.48. The van der Waals surface area contributed by atoms with Crippen molar-refractivity contribution in [2.75, 3.05) is 44.7 Å². The number of carbonyl (C=O) groups is 1. The molecule has 148 valence electrons. The third-order valence-corrected chi connectivity index (χ3v) is 6.10. The topological polar surface area (TPSA) is 58.0 Å². The summed E-state index contributed by atoms with van der Waals surface area (Å²) in [6.45, 7) is 4.89. The van der Waals surface area contributed by atoms with Gasteiger partial charge in [0.15, 0.2) is 5.13 Å². The summed E-state index contributed by atoms with van der Waals surface area (Å²) >= 11 is 1.70. The number of rotatable bonds is 3. The van der Waals surface area contributed by atoms with Crippen LogP contribution in [0.25, 0.3) is 11.3 Å². The van der Waals surface area contributed by atoms with Crippen LogP contribution < -0.4 is 4.90 Å². The fourth-order valence-corrected chi connectivity index (χ4v) is 4.29. The monoisotopic (exact) mass is 398 g/mol. The number of hydrogen-bond donors (Lipinski definition) is 0. The Morgan fingerprint density at radius 3 is 2.54 bits per heavy atom. The molecule has 0 amide bonds. The number of aliphatic imine (C=N–C) groups is 1. The maximum Gasteiger partial charge on any atom is 0.312 e. The highest BCUT2D eigenvalue weighted by Crippen LogP contribution is 2.28. The lowest BCUT2D eigenvalue weighted by molar-refractivity contribution is -0.135. The van der Waals surface area contributed by atoms with Gasteiger partial charge in [-0.25, -0.2) is 4.98 Å². The lowest BCUT2D eigenvalue weighted by atomic mass is 10.1. The maximum atomic E-state index is 11.9. The van der Waals surface area contributed by atoms with E-state index in [0.29, 0.717) is 18.9 Å². The number of esters is 1. The SMILES string of the molecule is CN1CCN(c2nc(-c3ccc(C4=NCCCCCC(=O)O4)cc3)cs2)CC1. The predicted octanol–water partition coefficient (Wildman–Crippen LogP) is 3.43. The Morgan fingerprint density at radius 2 is 1.75 bits per heavy atom. The summed E-state index contributed by atoms with van der Waals surface area (Å²) in [7, 11) is 2.16. The minimum absolute atomic E-state index is 0.193. The second-order valence-electron chi connectivity index (χ2n) is 7.35. The van der Waals surface area contributed by atoms with Crippen molar-refractivity contribution in [3.8, 4) is 11.3 Å². The molecular weight excluding hydrogens is 372 g/mol. The van der Waals surface area contributed by atoms with E-state index in [0.717, 1.165) is 67.4 Å². The van der Waals surface area contributed by atoms with E-state index < -0.39 is 0 Å². The van der Waals surface area contributed by atoms with E-state index in [-0.39, 0.29) is 5.97 Å². The lowest BCUT2D eigenvalue weighted by Gasteiger charge is -2.32. The quantitative estimate of drug-likeness (QED) is 0.742. The van der Waals surface area contributed by atoms with Gasteiger partial charge in [0.25, 0.3) is 0 Å². The summed E-state index contributed by atoms with van der Waals surface area (Å²) in [5, 5.41) is 3.20. The first-order valence-corrected chi connectivity index (χ1v) is 10.8. The Hall–Kier alpha value is -2.25. The third-order valence-electron chi connectivity index (χ3n) is 5.20. The van der Waals surface area contributed by atoms with Crippen molar-refractivity contribution < 1.29 is 9.53 Å². The first-order valence-electron chi connectivity index (χ1n) is 9.94. The van der Waals surface area contributed by atoms with Gasteiger partial charge in [0, 0.05) is 55.7 Å². The average molecular weight is 399 g/mol. The molecule has 0 radical (unpaired) electrons. The first-order chi connectivity index (χ1) is 13.7. The van der Waals surface area contributed by atoms with E-state index in [1.54, 1.807) is 11.3 Å². The Labute approximate surface area is 169 Å². The molecule has 0 spiro atoms. The Morgan fingerprint density at radius 1 is 1.00 bits per heavy atom. The number of piperazine rings is 1. The van der Waals surface area contributed by atoms with Crippen LogP contribution in [0.4, 0.5) is 5.13 Å². The molecule has 0 atom stereocenters. The summed E-state index contributed by atoms with van der Waals surface area (Å²) in [5.41, 5.74) is 2.89. The molecule has 0 N–H and O–H groups in total. The standard InChI is InChI=1S/C21H26N4O2S/c1-24-11-13-25(14-12-24)21-23-18(15-28-21)16-6-8-17(9-7-16)20-22-10-4-2-3-5-19(26)27-20/h6-9,15H,2-5,10-14H2,1H3. The molecule has 2 aromatic rings. The van der Waals surface area contributed by atoms with Gasteiger partial charge in [-0.05, 0) is 32.0 Å². The van der Waals surface area contributed by atoms with Crippen LogP contribution in [-0.2, 0) is 9.53 Å². The number of ether oxygens (including phenoxy) is 1. The summed E-state index contributed by atoms with van der Waals surface area (Å²) in [5.74, 6) is 0.246. The van der Waals surface area contributed by atoms with E-state index in [9.17, 15) is 4.79 Å². The van der Waals surface area contributed by atoms with Crippen molar-refractivity contribution in [1.29, 1.82) is 0 Å². The molecule has 1 saturated heterocycles. The highest BCUT2D eigenvalue weighted by atomic mass is 32.1. The molecule has 28 heavy (non-hydrogen) atoms. The molecule has 1 fully saturated rings. The summed E-state index contributed by atoms with van der Waals surface area (Å²) in [4.78, 5) is 25.9. The van der Waals surface area contributed by atoms with Crippen LogP contribution in [0.3, 0.4) is 0 Å². The maximum absolute atomic E-state index is 11.9. The first kappa shape index (κ1) is 19.1. The largest absolute Gasteiger partial charge is 0.407 e. The van der Waals surface area contributed by atoms with Gasteiger partial charge in [-0.3, -0.25) is 9.79 Å². The van der Waals surface area contributed by atoms with Crippen LogP contribution in [0.1, 0.15) is 31.2 Å². The van der Waals surface area contributed by atoms with Gasteiger partial charge in [0.1, 0.15) is 0 Å². The van der Waals surface area contributed by atoms with Crippen LogP contribution in [0.15, 0.2) is 34.6 Å². The number of carbonyl (C=O) groups excluding carboxylic acids is 1. The zero-order valence-electron chi connectivity index (χ0n) is 16.3.